The van der Waals surface area contributed by atoms with Gasteiger partial charge in [-0.25, -0.2) is 4.79 Å². The van der Waals surface area contributed by atoms with Crippen molar-refractivity contribution in [2.75, 3.05) is 7.11 Å². The molecular weight excluding hydrogens is 470 g/mol. The fraction of sp³-hybridized carbons (Fsp3) is 0.577. The lowest BCUT2D eigenvalue weighted by Gasteiger charge is -2.59. The second-order valence-corrected chi connectivity index (χ2v) is 10.2. The third kappa shape index (κ3) is 3.49. The molecule has 1 spiro atoms. The number of carbonyl (C=O) groups is 3. The number of ether oxygens (including phenoxy) is 4. The van der Waals surface area contributed by atoms with Crippen molar-refractivity contribution in [3.05, 3.63) is 35.1 Å². The van der Waals surface area contributed by atoms with E-state index in [2.05, 4.69) is 0 Å². The number of nitrogens with two attached hydrogens (primary N) is 1. The number of benzene rings is 1. The highest BCUT2D eigenvalue weighted by atomic mass is 16.6. The van der Waals surface area contributed by atoms with Gasteiger partial charge in [0.25, 0.3) is 0 Å². The summed E-state index contributed by atoms with van der Waals surface area (Å²) in [5.74, 6) is -1.25. The lowest BCUT2D eigenvalue weighted by Crippen LogP contribution is -2.67. The Morgan fingerprint density at radius 3 is 2.81 bits per heavy atom. The molecule has 2 bridgehead atoms. The van der Waals surface area contributed by atoms with Crippen LogP contribution in [0.3, 0.4) is 0 Å². The molecule has 1 aromatic carbocycles. The average molecular weight is 502 g/mol. The van der Waals surface area contributed by atoms with E-state index < -0.39 is 47.2 Å². The van der Waals surface area contributed by atoms with Crippen LogP contribution in [0.15, 0.2) is 24.0 Å². The summed E-state index contributed by atoms with van der Waals surface area (Å²) in [6.45, 7) is 1.39. The van der Waals surface area contributed by atoms with Crippen molar-refractivity contribution in [1.29, 1.82) is 0 Å². The number of aliphatic hydroxyl groups is 1. The van der Waals surface area contributed by atoms with E-state index in [9.17, 15) is 19.5 Å². The second kappa shape index (κ2) is 8.77. The van der Waals surface area contributed by atoms with Crippen LogP contribution in [0.2, 0.25) is 0 Å². The maximum atomic E-state index is 12.9. The van der Waals surface area contributed by atoms with Crippen LogP contribution >= 0.6 is 0 Å². The van der Waals surface area contributed by atoms with Gasteiger partial charge in [0.2, 0.25) is 0 Å². The van der Waals surface area contributed by atoms with Crippen LogP contribution in [0.4, 0.5) is 0 Å². The smallest absolute Gasteiger partial charge is 0.352 e. The van der Waals surface area contributed by atoms with Crippen molar-refractivity contribution >= 4 is 17.9 Å². The largest absolute Gasteiger partial charge is 0.493 e. The highest BCUT2D eigenvalue weighted by Crippen LogP contribution is 2.67. The maximum Gasteiger partial charge on any atom is 0.352 e. The molecule has 10 heteroatoms. The zero-order chi connectivity index (χ0) is 25.8. The van der Waals surface area contributed by atoms with E-state index >= 15 is 0 Å². The molecule has 1 heterocycles. The minimum absolute atomic E-state index is 0.0646. The molecule has 1 aromatic rings. The Morgan fingerprint density at radius 2 is 2.08 bits per heavy atom. The highest BCUT2D eigenvalue weighted by Gasteiger charge is 2.71. The minimum Gasteiger partial charge on any atom is -0.493 e. The molecule has 10 nitrogen and oxygen atoms in total. The quantitative estimate of drug-likeness (QED) is 0.449. The number of aliphatic carboxylic acids is 1. The fourth-order valence-electron chi connectivity index (χ4n) is 6.58. The molecule has 0 unspecified atom stereocenters. The number of carboxylic acids is 1. The van der Waals surface area contributed by atoms with Gasteiger partial charge in [0.15, 0.2) is 23.7 Å². The van der Waals surface area contributed by atoms with Gasteiger partial charge in [0.1, 0.15) is 11.8 Å². The van der Waals surface area contributed by atoms with E-state index in [0.717, 1.165) is 30.4 Å². The van der Waals surface area contributed by atoms with Crippen LogP contribution in [0.5, 0.6) is 11.5 Å². The van der Waals surface area contributed by atoms with Gasteiger partial charge >= 0.3 is 17.9 Å². The first-order chi connectivity index (χ1) is 17.1. The van der Waals surface area contributed by atoms with E-state index in [-0.39, 0.29) is 24.5 Å². The van der Waals surface area contributed by atoms with Crippen molar-refractivity contribution in [3.63, 3.8) is 0 Å². The van der Waals surface area contributed by atoms with E-state index in [4.69, 9.17) is 29.8 Å². The van der Waals surface area contributed by atoms with Gasteiger partial charge in [-0.15, -0.1) is 0 Å². The Labute approximate surface area is 208 Å². The standard InChI is InChI=1S/C26H31NO9/c1-13(34-19(28)8-6-16(27)23(29)30)24(31)35-18-9-11-26(32)15-4-3-10-25(26)20-14(12-15)5-7-17(33-2)21(20)36-22(18)25/h5,7,9,13,15-16,22,32H,3-4,6,8,10-12,27H2,1-2H3,(H,29,30)/t13-,15-,16-,22+,25+,26-/m0/s1. The highest BCUT2D eigenvalue weighted by molar-refractivity contribution is 5.80. The Balaban J connectivity index is 1.37. The number of carboxylic acid groups (broad SMARTS) is 1. The van der Waals surface area contributed by atoms with E-state index in [1.807, 2.05) is 12.1 Å². The number of methoxy groups -OCH3 is 1. The summed E-state index contributed by atoms with van der Waals surface area (Å²) < 4.78 is 22.9. The van der Waals surface area contributed by atoms with E-state index in [0.29, 0.717) is 24.3 Å². The predicted molar refractivity (Wildman–Crippen MR) is 124 cm³/mol. The summed E-state index contributed by atoms with van der Waals surface area (Å²) in [5.41, 5.74) is 5.69. The molecule has 0 amide bonds. The van der Waals surface area contributed by atoms with E-state index in [1.54, 1.807) is 13.2 Å². The molecule has 0 radical (unpaired) electrons. The number of hydrogen-bond donors (Lipinski definition) is 3. The van der Waals surface area contributed by atoms with Crippen molar-refractivity contribution in [2.24, 2.45) is 11.7 Å². The maximum absolute atomic E-state index is 12.9. The molecule has 3 aliphatic carbocycles. The third-order valence-electron chi connectivity index (χ3n) is 8.30. The van der Waals surface area contributed by atoms with Gasteiger partial charge in [-0.05, 0) is 62.7 Å². The van der Waals surface area contributed by atoms with Crippen LogP contribution in [0.1, 0.15) is 56.6 Å². The van der Waals surface area contributed by atoms with Gasteiger partial charge in [-0.3, -0.25) is 9.59 Å². The molecule has 1 fully saturated rings. The molecule has 194 valence electrons. The van der Waals surface area contributed by atoms with Crippen molar-refractivity contribution in [2.45, 2.75) is 81.1 Å². The van der Waals surface area contributed by atoms with Gasteiger partial charge in [0.05, 0.1) is 18.1 Å². The first kappa shape index (κ1) is 24.6. The molecule has 5 rings (SSSR count). The molecule has 0 aromatic heterocycles. The van der Waals surface area contributed by atoms with Gasteiger partial charge < -0.3 is 34.9 Å². The molecule has 1 aliphatic heterocycles. The van der Waals surface area contributed by atoms with Crippen molar-refractivity contribution in [3.8, 4) is 11.5 Å². The van der Waals surface area contributed by atoms with Crippen molar-refractivity contribution in [1.82, 2.24) is 0 Å². The molecule has 4 N–H and O–H groups in total. The first-order valence-corrected chi connectivity index (χ1v) is 12.3. The summed E-state index contributed by atoms with van der Waals surface area (Å²) in [6, 6.07) is 2.71. The molecule has 0 saturated heterocycles. The Kier molecular flexibility index (Phi) is 5.99. The van der Waals surface area contributed by atoms with Gasteiger partial charge in [0, 0.05) is 12.0 Å². The van der Waals surface area contributed by atoms with Gasteiger partial charge in [-0.1, -0.05) is 12.5 Å². The topological polar surface area (TPSA) is 155 Å². The SMILES string of the molecule is COc1ccc2c3c1O[C@@H]1C(OC(=O)[C@H](C)OC(=O)CC[C@H](N)C(=O)O)=CC[C@]4(O)[C@@H](CCC[C@@]314)C2. The number of hydrogen-bond acceptors (Lipinski definition) is 9. The normalized spacial score (nSPS) is 30.7. The number of rotatable bonds is 8. The number of esters is 2. The number of carbonyl (C=O) groups excluding carboxylic acids is 2. The van der Waals surface area contributed by atoms with Crippen LogP contribution in [0, 0.1) is 5.92 Å². The van der Waals surface area contributed by atoms with Crippen molar-refractivity contribution < 1.29 is 43.5 Å². The Hall–Kier alpha value is -3.11. The summed E-state index contributed by atoms with van der Waals surface area (Å²) in [7, 11) is 1.57. The molecule has 6 atom stereocenters. The second-order valence-electron chi connectivity index (χ2n) is 10.2. The third-order valence-corrected chi connectivity index (χ3v) is 8.30. The summed E-state index contributed by atoms with van der Waals surface area (Å²) in [6.07, 6.45) is 2.99. The zero-order valence-electron chi connectivity index (χ0n) is 20.3. The zero-order valence-corrected chi connectivity index (χ0v) is 20.3. The molecule has 1 saturated carbocycles. The Morgan fingerprint density at radius 1 is 1.31 bits per heavy atom. The van der Waals surface area contributed by atoms with Gasteiger partial charge in [-0.2, -0.15) is 0 Å². The van der Waals surface area contributed by atoms with Crippen LogP contribution in [-0.2, 0) is 35.7 Å². The monoisotopic (exact) mass is 501 g/mol. The van der Waals surface area contributed by atoms with E-state index in [1.165, 1.54) is 6.92 Å². The minimum atomic E-state index is -1.22. The Bertz CT molecular complexity index is 1150. The first-order valence-electron chi connectivity index (χ1n) is 12.3. The molecular formula is C26H31NO9. The van der Waals surface area contributed by atoms with Crippen LogP contribution in [-0.4, -0.2) is 59.1 Å². The lowest BCUT2D eigenvalue weighted by atomic mass is 9.47. The fourth-order valence-corrected chi connectivity index (χ4v) is 6.58. The lowest BCUT2D eigenvalue weighted by molar-refractivity contribution is -0.171. The van der Waals surface area contributed by atoms with Crippen LogP contribution < -0.4 is 15.2 Å². The molecule has 36 heavy (non-hydrogen) atoms. The summed E-state index contributed by atoms with van der Waals surface area (Å²) >= 11 is 0. The molecule has 4 aliphatic rings. The predicted octanol–water partition coefficient (Wildman–Crippen LogP) is 1.74. The summed E-state index contributed by atoms with van der Waals surface area (Å²) in [5, 5.41) is 20.9. The van der Waals surface area contributed by atoms with Crippen LogP contribution in [0.25, 0.3) is 0 Å². The average Bonchev–Trinajstić information content (AvgIpc) is 3.18. The summed E-state index contributed by atoms with van der Waals surface area (Å²) in [4.78, 5) is 35.8.